The molecule has 0 fully saturated rings. The van der Waals surface area contributed by atoms with Crippen molar-refractivity contribution in [3.8, 4) is 5.75 Å². The quantitative estimate of drug-likeness (QED) is 0.109. The fraction of sp³-hybridized carbons (Fsp3) is 0.400. The highest BCUT2D eigenvalue weighted by molar-refractivity contribution is 7.92. The molecule has 39 heavy (non-hydrogen) atoms. The van der Waals surface area contributed by atoms with Gasteiger partial charge in [-0.3, -0.25) is 4.72 Å². The zero-order chi connectivity index (χ0) is 28.3. The number of hydrogen-bond donors (Lipinski definition) is 3. The van der Waals surface area contributed by atoms with Crippen molar-refractivity contribution in [2.75, 3.05) is 29.8 Å². The van der Waals surface area contributed by atoms with E-state index >= 15 is 0 Å². The lowest BCUT2D eigenvalue weighted by molar-refractivity contribution is 0.186. The Morgan fingerprint density at radius 1 is 0.897 bits per heavy atom. The van der Waals surface area contributed by atoms with Gasteiger partial charge in [0, 0.05) is 12.2 Å². The fourth-order valence-electron chi connectivity index (χ4n) is 4.57. The molecule has 0 amide bonds. The predicted octanol–water partition coefficient (Wildman–Crippen LogP) is 6.11. The second-order valence-electron chi connectivity index (χ2n) is 9.95. The average molecular weight is 570 g/mol. The lowest BCUT2D eigenvalue weighted by Crippen LogP contribution is -2.40. The van der Waals surface area contributed by atoms with E-state index in [1.807, 2.05) is 72.8 Å². The Kier molecular flexibility index (Phi) is 11.4. The van der Waals surface area contributed by atoms with E-state index in [9.17, 15) is 8.42 Å². The molecule has 0 saturated heterocycles. The summed E-state index contributed by atoms with van der Waals surface area (Å²) in [6.07, 6.45) is 1.81. The summed E-state index contributed by atoms with van der Waals surface area (Å²) in [5.41, 5.74) is 10.1. The van der Waals surface area contributed by atoms with Gasteiger partial charge in [-0.1, -0.05) is 69.3 Å². The Morgan fingerprint density at radius 2 is 1.56 bits per heavy atom. The summed E-state index contributed by atoms with van der Waals surface area (Å²) in [6, 6.07) is 26.5. The minimum absolute atomic E-state index is 0.216. The van der Waals surface area contributed by atoms with Gasteiger partial charge in [0.1, 0.15) is 12.4 Å². The van der Waals surface area contributed by atoms with Gasteiger partial charge in [-0.05, 0) is 72.1 Å². The minimum Gasteiger partial charge on any atom is -0.487 e. The van der Waals surface area contributed by atoms with Crippen molar-refractivity contribution in [2.24, 2.45) is 0 Å². The molecule has 7 nitrogen and oxygen atoms in total. The third-order valence-electron chi connectivity index (χ3n) is 7.13. The van der Waals surface area contributed by atoms with Crippen molar-refractivity contribution >= 4 is 29.7 Å². The fourth-order valence-corrected chi connectivity index (χ4v) is 7.95. The van der Waals surface area contributed by atoms with Crippen molar-refractivity contribution in [1.29, 1.82) is 0 Å². The smallest absolute Gasteiger partial charge is 0.229 e. The molecule has 3 aromatic rings. The van der Waals surface area contributed by atoms with Gasteiger partial charge in [-0.25, -0.2) is 8.42 Å². The number of benzene rings is 3. The van der Waals surface area contributed by atoms with Crippen molar-refractivity contribution < 1.29 is 17.6 Å². The van der Waals surface area contributed by atoms with E-state index in [1.54, 1.807) is 0 Å². The molecule has 0 aromatic heterocycles. The highest BCUT2D eigenvalue weighted by atomic mass is 32.2. The van der Waals surface area contributed by atoms with Crippen LogP contribution in [0, 0.1) is 0 Å². The molecule has 3 rings (SSSR count). The number of ether oxygens (including phenoxy) is 1. The standard InChI is InChI=1S/C30H43N3O4SSi/c1-5-39(6-2,7-3)37-30(22-32-20-19-24-13-16-27(31)17-14-24)26-15-18-29(28(21-26)33-38(4,34)35)36-23-25-11-9-8-10-12-25/h8-18,21,30,32-33H,5-7,19-20,22-23,31H2,1-4H3/t30-/m1/s1. The van der Waals surface area contributed by atoms with E-state index < -0.39 is 18.3 Å². The summed E-state index contributed by atoms with van der Waals surface area (Å²) < 4.78 is 40.1. The average Bonchev–Trinajstić information content (AvgIpc) is 2.93. The number of nitrogens with one attached hydrogen (secondary N) is 2. The molecule has 0 bridgehead atoms. The second kappa shape index (κ2) is 14.5. The lowest BCUT2D eigenvalue weighted by atomic mass is 10.1. The number of hydrogen-bond acceptors (Lipinski definition) is 6. The van der Waals surface area contributed by atoms with Gasteiger partial charge < -0.3 is 20.2 Å². The van der Waals surface area contributed by atoms with Crippen LogP contribution >= 0.6 is 0 Å². The van der Waals surface area contributed by atoms with Gasteiger partial charge in [-0.15, -0.1) is 0 Å². The van der Waals surface area contributed by atoms with E-state index in [0.717, 1.165) is 54.2 Å². The Hall–Kier alpha value is -2.85. The van der Waals surface area contributed by atoms with Gasteiger partial charge in [0.05, 0.1) is 18.0 Å². The molecule has 0 aliphatic carbocycles. The zero-order valence-electron chi connectivity index (χ0n) is 23.6. The first-order valence-electron chi connectivity index (χ1n) is 13.7. The number of anilines is 2. The van der Waals surface area contributed by atoms with Gasteiger partial charge in [0.2, 0.25) is 10.0 Å². The third-order valence-corrected chi connectivity index (χ3v) is 12.4. The summed E-state index contributed by atoms with van der Waals surface area (Å²) >= 11 is 0. The number of nitrogens with two attached hydrogens (primary N) is 1. The summed E-state index contributed by atoms with van der Waals surface area (Å²) in [5.74, 6) is 0.480. The monoisotopic (exact) mass is 569 g/mol. The molecule has 1 atom stereocenters. The van der Waals surface area contributed by atoms with E-state index in [1.165, 1.54) is 5.56 Å². The lowest BCUT2D eigenvalue weighted by Gasteiger charge is -2.34. The Morgan fingerprint density at radius 3 is 2.18 bits per heavy atom. The molecule has 0 aliphatic heterocycles. The Bertz CT molecular complexity index is 1260. The SMILES string of the molecule is CC[Si](CC)(CC)O[C@H](CNCCc1ccc(N)cc1)c1ccc(OCc2ccccc2)c(NS(C)(=O)=O)c1. The first-order valence-corrected chi connectivity index (χ1v) is 18.1. The molecule has 4 N–H and O–H groups in total. The highest BCUT2D eigenvalue weighted by Crippen LogP contribution is 2.34. The Labute approximate surface area is 235 Å². The Balaban J connectivity index is 1.83. The molecule has 0 radical (unpaired) electrons. The normalized spacial score (nSPS) is 12.7. The molecule has 3 aromatic carbocycles. The maximum Gasteiger partial charge on any atom is 0.229 e. The van der Waals surface area contributed by atoms with Gasteiger partial charge in [-0.2, -0.15) is 0 Å². The molecule has 212 valence electrons. The largest absolute Gasteiger partial charge is 0.487 e. The van der Waals surface area contributed by atoms with Crippen molar-refractivity contribution in [3.63, 3.8) is 0 Å². The van der Waals surface area contributed by atoms with Crippen LogP contribution in [0.3, 0.4) is 0 Å². The van der Waals surface area contributed by atoms with E-state index in [4.69, 9.17) is 14.9 Å². The number of sulfonamides is 1. The first-order chi connectivity index (χ1) is 18.7. The second-order valence-corrected chi connectivity index (χ2v) is 16.4. The molecule has 0 saturated carbocycles. The van der Waals surface area contributed by atoms with Crippen LogP contribution < -0.4 is 20.5 Å². The van der Waals surface area contributed by atoms with Gasteiger partial charge >= 0.3 is 0 Å². The van der Waals surface area contributed by atoms with Crippen LogP contribution in [0.5, 0.6) is 5.75 Å². The third kappa shape index (κ3) is 9.68. The summed E-state index contributed by atoms with van der Waals surface area (Å²) in [6.45, 7) is 8.37. The van der Waals surface area contributed by atoms with Crippen LogP contribution in [0.2, 0.25) is 18.1 Å². The van der Waals surface area contributed by atoms with E-state index in [0.29, 0.717) is 24.6 Å². The number of nitrogen functional groups attached to an aromatic ring is 1. The molecule has 0 unspecified atom stereocenters. The van der Waals surface area contributed by atoms with Crippen molar-refractivity contribution in [1.82, 2.24) is 5.32 Å². The number of rotatable bonds is 16. The minimum atomic E-state index is -3.52. The highest BCUT2D eigenvalue weighted by Gasteiger charge is 2.33. The molecular formula is C30H43N3O4SSi. The molecule has 0 spiro atoms. The maximum absolute atomic E-state index is 12.2. The van der Waals surface area contributed by atoms with Crippen LogP contribution in [0.25, 0.3) is 0 Å². The summed E-state index contributed by atoms with van der Waals surface area (Å²) in [4.78, 5) is 0. The molecular weight excluding hydrogens is 527 g/mol. The van der Waals surface area contributed by atoms with Gasteiger partial charge in [0.25, 0.3) is 0 Å². The van der Waals surface area contributed by atoms with Crippen LogP contribution in [0.15, 0.2) is 72.8 Å². The molecule has 0 heterocycles. The molecule has 9 heteroatoms. The van der Waals surface area contributed by atoms with E-state index in [2.05, 4.69) is 30.8 Å². The zero-order valence-corrected chi connectivity index (χ0v) is 25.4. The molecule has 0 aliphatic rings. The van der Waals surface area contributed by atoms with Gasteiger partial charge in [0.15, 0.2) is 8.32 Å². The topological polar surface area (TPSA) is 103 Å². The van der Waals surface area contributed by atoms with Crippen molar-refractivity contribution in [3.05, 3.63) is 89.5 Å². The predicted molar refractivity (Wildman–Crippen MR) is 164 cm³/mol. The van der Waals surface area contributed by atoms with Crippen LogP contribution in [0.4, 0.5) is 11.4 Å². The summed E-state index contributed by atoms with van der Waals surface area (Å²) in [5, 5.41) is 3.57. The van der Waals surface area contributed by atoms with Crippen LogP contribution in [-0.4, -0.2) is 36.1 Å². The maximum atomic E-state index is 12.2. The first kappa shape index (κ1) is 30.7. The van der Waals surface area contributed by atoms with Crippen LogP contribution in [-0.2, 0) is 27.5 Å². The van der Waals surface area contributed by atoms with Crippen LogP contribution in [0.1, 0.15) is 43.6 Å². The summed E-state index contributed by atoms with van der Waals surface area (Å²) in [7, 11) is -5.47. The van der Waals surface area contributed by atoms with E-state index in [-0.39, 0.29) is 6.10 Å². The van der Waals surface area contributed by atoms with Crippen molar-refractivity contribution in [2.45, 2.75) is 58.0 Å².